The van der Waals surface area contributed by atoms with Crippen molar-refractivity contribution in [3.05, 3.63) is 47.9 Å². The Morgan fingerprint density at radius 2 is 1.95 bits per heavy atom. The lowest BCUT2D eigenvalue weighted by molar-refractivity contribution is 0.0984. The van der Waals surface area contributed by atoms with Crippen LogP contribution in [0.15, 0.2) is 36.7 Å². The van der Waals surface area contributed by atoms with E-state index in [0.29, 0.717) is 38.7 Å². The van der Waals surface area contributed by atoms with Crippen LogP contribution in [-0.4, -0.2) is 57.9 Å². The minimum atomic E-state index is -0.191. The van der Waals surface area contributed by atoms with E-state index in [1.54, 1.807) is 0 Å². The van der Waals surface area contributed by atoms with E-state index in [1.165, 1.54) is 0 Å². The molecular weight excluding hydrogens is 492 g/mol. The van der Waals surface area contributed by atoms with Crippen molar-refractivity contribution in [1.29, 1.82) is 0 Å². The molecule has 10 nitrogen and oxygen atoms in total. The summed E-state index contributed by atoms with van der Waals surface area (Å²) in [6.07, 6.45) is 5.80. The van der Waals surface area contributed by atoms with E-state index in [9.17, 15) is 4.79 Å². The quantitative estimate of drug-likeness (QED) is 0.430. The number of aryl methyl sites for hydroxylation is 1. The standard InChI is InChI=1S/C29H40N8O2/c1-20-19-39-16-15-37(20)26-23-17-36(28-31-13-14-35(28)5)18-24(23)33-25(34-26)21-7-9-22(10-8-21)32-27(38)30-12-6-11-29(2,3)4/h7-10,13-14,20H,6,11-12,15-19H2,1-5H3,(H2,30,32,38). The first-order valence-corrected chi connectivity index (χ1v) is 13.8. The molecule has 1 saturated heterocycles. The third kappa shape index (κ3) is 6.33. The van der Waals surface area contributed by atoms with Gasteiger partial charge in [-0.2, -0.15) is 0 Å². The Morgan fingerprint density at radius 3 is 2.64 bits per heavy atom. The number of hydrogen-bond acceptors (Lipinski definition) is 7. The Labute approximate surface area is 230 Å². The second-order valence-electron chi connectivity index (χ2n) is 11.7. The Balaban J connectivity index is 1.34. The number of aromatic nitrogens is 4. The number of urea groups is 1. The molecule has 2 aliphatic heterocycles. The summed E-state index contributed by atoms with van der Waals surface area (Å²) in [5, 5.41) is 5.87. The van der Waals surface area contributed by atoms with Gasteiger partial charge in [0.2, 0.25) is 5.95 Å². The summed E-state index contributed by atoms with van der Waals surface area (Å²) in [5.41, 5.74) is 4.08. The highest BCUT2D eigenvalue weighted by atomic mass is 16.5. The summed E-state index contributed by atoms with van der Waals surface area (Å²) in [6.45, 7) is 13.0. The Kier molecular flexibility index (Phi) is 7.74. The maximum absolute atomic E-state index is 12.3. The van der Waals surface area contributed by atoms with Gasteiger partial charge in [-0.05, 0) is 49.4 Å². The number of nitrogens with zero attached hydrogens (tertiary/aromatic N) is 6. The molecule has 1 atom stereocenters. The van der Waals surface area contributed by atoms with Gasteiger partial charge in [0, 0.05) is 49.3 Å². The average Bonchev–Trinajstić information content (AvgIpc) is 3.52. The lowest BCUT2D eigenvalue weighted by Crippen LogP contribution is -2.44. The molecule has 1 unspecified atom stereocenters. The Bertz CT molecular complexity index is 1300. The van der Waals surface area contributed by atoms with Gasteiger partial charge in [-0.25, -0.2) is 19.7 Å². The number of fused-ring (bicyclic) bond motifs is 1. The van der Waals surface area contributed by atoms with E-state index >= 15 is 0 Å². The number of imidazole rings is 1. The number of ether oxygens (including phenoxy) is 1. The fourth-order valence-corrected chi connectivity index (χ4v) is 5.15. The molecule has 2 amide bonds. The van der Waals surface area contributed by atoms with Crippen molar-refractivity contribution in [2.45, 2.75) is 59.7 Å². The SMILES string of the molecule is CC1COCCN1c1nc(-c2ccc(NC(=O)NCCCC(C)(C)C)cc2)nc2c1CN(c1nccn1C)C2. The molecule has 4 heterocycles. The van der Waals surface area contributed by atoms with E-state index in [0.717, 1.165) is 53.7 Å². The first kappa shape index (κ1) is 26.9. The van der Waals surface area contributed by atoms with Gasteiger partial charge in [0.1, 0.15) is 5.82 Å². The van der Waals surface area contributed by atoms with E-state index in [2.05, 4.69) is 53.1 Å². The molecule has 5 rings (SSSR count). The topological polar surface area (TPSA) is 100 Å². The van der Waals surface area contributed by atoms with Crippen molar-refractivity contribution < 1.29 is 9.53 Å². The number of morpholine rings is 1. The minimum Gasteiger partial charge on any atom is -0.377 e. The molecule has 3 aromatic rings. The molecule has 0 spiro atoms. The molecule has 10 heteroatoms. The predicted octanol–water partition coefficient (Wildman–Crippen LogP) is 4.57. The van der Waals surface area contributed by atoms with Gasteiger partial charge in [0.05, 0.1) is 38.0 Å². The Morgan fingerprint density at radius 1 is 1.15 bits per heavy atom. The van der Waals surface area contributed by atoms with E-state index in [4.69, 9.17) is 14.7 Å². The predicted molar refractivity (Wildman–Crippen MR) is 154 cm³/mol. The average molecular weight is 533 g/mol. The van der Waals surface area contributed by atoms with Crippen LogP contribution in [0.1, 0.15) is 51.8 Å². The van der Waals surface area contributed by atoms with Gasteiger partial charge < -0.3 is 29.7 Å². The zero-order chi connectivity index (χ0) is 27.6. The van der Waals surface area contributed by atoms with Crippen molar-refractivity contribution in [2.24, 2.45) is 12.5 Å². The zero-order valence-corrected chi connectivity index (χ0v) is 23.7. The van der Waals surface area contributed by atoms with Crippen LogP contribution < -0.4 is 20.4 Å². The highest BCUT2D eigenvalue weighted by Gasteiger charge is 2.32. The van der Waals surface area contributed by atoms with E-state index in [-0.39, 0.29) is 17.5 Å². The van der Waals surface area contributed by atoms with Gasteiger partial charge in [0.25, 0.3) is 0 Å². The van der Waals surface area contributed by atoms with Crippen LogP contribution in [0.3, 0.4) is 0 Å². The third-order valence-corrected chi connectivity index (χ3v) is 7.27. The third-order valence-electron chi connectivity index (χ3n) is 7.27. The number of carbonyl (C=O) groups excluding carboxylic acids is 1. The molecule has 0 aliphatic carbocycles. The number of amides is 2. The normalized spacial score (nSPS) is 17.3. The zero-order valence-electron chi connectivity index (χ0n) is 23.7. The highest BCUT2D eigenvalue weighted by molar-refractivity contribution is 5.89. The van der Waals surface area contributed by atoms with Crippen LogP contribution in [0.5, 0.6) is 0 Å². The molecule has 39 heavy (non-hydrogen) atoms. The summed E-state index contributed by atoms with van der Waals surface area (Å²) in [4.78, 5) is 31.6. The van der Waals surface area contributed by atoms with Crippen LogP contribution in [0.4, 0.5) is 22.2 Å². The summed E-state index contributed by atoms with van der Waals surface area (Å²) >= 11 is 0. The van der Waals surface area contributed by atoms with E-state index in [1.807, 2.05) is 48.3 Å². The highest BCUT2D eigenvalue weighted by Crippen LogP contribution is 2.35. The van der Waals surface area contributed by atoms with Crippen LogP contribution >= 0.6 is 0 Å². The van der Waals surface area contributed by atoms with Gasteiger partial charge in [-0.3, -0.25) is 0 Å². The second-order valence-corrected chi connectivity index (χ2v) is 11.7. The largest absolute Gasteiger partial charge is 0.377 e. The smallest absolute Gasteiger partial charge is 0.319 e. The summed E-state index contributed by atoms with van der Waals surface area (Å²) in [7, 11) is 2.01. The molecule has 208 valence electrons. The van der Waals surface area contributed by atoms with Crippen molar-refractivity contribution in [3.63, 3.8) is 0 Å². The van der Waals surface area contributed by atoms with Crippen molar-refractivity contribution in [1.82, 2.24) is 24.8 Å². The maximum Gasteiger partial charge on any atom is 0.319 e. The summed E-state index contributed by atoms with van der Waals surface area (Å²) < 4.78 is 7.74. The lowest BCUT2D eigenvalue weighted by atomic mass is 9.91. The van der Waals surface area contributed by atoms with Gasteiger partial charge in [0.15, 0.2) is 5.82 Å². The molecule has 0 radical (unpaired) electrons. The Hall–Kier alpha value is -3.66. The first-order chi connectivity index (χ1) is 18.7. The molecule has 0 bridgehead atoms. The number of benzene rings is 1. The second kappa shape index (κ2) is 11.2. The van der Waals surface area contributed by atoms with Crippen LogP contribution in [0.25, 0.3) is 11.4 Å². The summed E-state index contributed by atoms with van der Waals surface area (Å²) in [5.74, 6) is 2.57. The first-order valence-electron chi connectivity index (χ1n) is 13.8. The number of nitrogens with one attached hydrogen (secondary N) is 2. The minimum absolute atomic E-state index is 0.191. The van der Waals surface area contributed by atoms with Crippen LogP contribution in [-0.2, 0) is 24.9 Å². The molecule has 2 aliphatic rings. The van der Waals surface area contributed by atoms with Crippen molar-refractivity contribution >= 4 is 23.5 Å². The van der Waals surface area contributed by atoms with Gasteiger partial charge in [-0.1, -0.05) is 20.8 Å². The number of rotatable bonds is 7. The van der Waals surface area contributed by atoms with Crippen LogP contribution in [0.2, 0.25) is 0 Å². The fraction of sp³-hybridized carbons (Fsp3) is 0.517. The van der Waals surface area contributed by atoms with E-state index < -0.39 is 0 Å². The molecule has 1 fully saturated rings. The molecule has 1 aromatic carbocycles. The van der Waals surface area contributed by atoms with Crippen LogP contribution in [0, 0.1) is 5.41 Å². The summed E-state index contributed by atoms with van der Waals surface area (Å²) in [6, 6.07) is 7.77. The molecule has 0 saturated carbocycles. The maximum atomic E-state index is 12.3. The number of anilines is 3. The van der Waals surface area contributed by atoms with Gasteiger partial charge >= 0.3 is 6.03 Å². The monoisotopic (exact) mass is 532 g/mol. The van der Waals surface area contributed by atoms with Crippen molar-refractivity contribution in [2.75, 3.05) is 41.4 Å². The fourth-order valence-electron chi connectivity index (χ4n) is 5.15. The van der Waals surface area contributed by atoms with Gasteiger partial charge in [-0.15, -0.1) is 0 Å². The lowest BCUT2D eigenvalue weighted by Gasteiger charge is -2.35. The number of carbonyl (C=O) groups is 1. The molecule has 2 aromatic heterocycles. The van der Waals surface area contributed by atoms with Crippen molar-refractivity contribution in [3.8, 4) is 11.4 Å². The molecular formula is C29H40N8O2. The number of hydrogen-bond donors (Lipinski definition) is 2. The molecule has 2 N–H and O–H groups in total.